The monoisotopic (exact) mass is 386 g/mol. The topological polar surface area (TPSA) is 72.8 Å². The molecule has 0 aliphatic carbocycles. The molecule has 1 aromatic carbocycles. The maximum Gasteiger partial charge on any atom is 0.224 e. The van der Waals surface area contributed by atoms with Crippen LogP contribution in [0.3, 0.4) is 0 Å². The van der Waals surface area contributed by atoms with Crippen molar-refractivity contribution in [2.45, 2.75) is 43.8 Å². The fourth-order valence-electron chi connectivity index (χ4n) is 4.02. The maximum atomic E-state index is 11.5. The molecule has 4 rings (SSSR count). The molecule has 0 radical (unpaired) electrons. The summed E-state index contributed by atoms with van der Waals surface area (Å²) >= 11 is 1.62. The predicted molar refractivity (Wildman–Crippen MR) is 107 cm³/mol. The quantitative estimate of drug-likeness (QED) is 0.739. The number of nitrogens with one attached hydrogen (secondary N) is 1. The molecule has 1 atom stereocenters. The lowest BCUT2D eigenvalue weighted by atomic mass is 9.89. The first-order valence-corrected chi connectivity index (χ1v) is 10.5. The summed E-state index contributed by atoms with van der Waals surface area (Å²) in [6.45, 7) is 2.50. The Bertz CT molecular complexity index is 798. The molecule has 3 heterocycles. The van der Waals surface area contributed by atoms with Gasteiger partial charge >= 0.3 is 0 Å². The molecular weight excluding hydrogens is 360 g/mol. The number of hydrogen-bond acceptors (Lipinski definition) is 5. The summed E-state index contributed by atoms with van der Waals surface area (Å²) < 4.78 is 0. The molecule has 5 nitrogen and oxygen atoms in total. The molecular formula is C21H26N2O3S. The summed E-state index contributed by atoms with van der Waals surface area (Å²) in [4.78, 5) is 14.8. The molecule has 144 valence electrons. The SMILES string of the molecule is O=C1CCc2cc(C(O)CCN3CCC(O)(c4cccs4)CC3)ccc2N1. The van der Waals surface area contributed by atoms with Gasteiger partial charge in [0.15, 0.2) is 0 Å². The number of thiophene rings is 1. The lowest BCUT2D eigenvalue weighted by molar-refractivity contribution is -0.116. The van der Waals surface area contributed by atoms with Gasteiger partial charge in [-0.2, -0.15) is 0 Å². The van der Waals surface area contributed by atoms with E-state index in [1.165, 1.54) is 0 Å². The Labute approximate surface area is 163 Å². The van der Waals surface area contributed by atoms with Crippen LogP contribution in [0.2, 0.25) is 0 Å². The molecule has 1 amide bonds. The molecule has 3 N–H and O–H groups in total. The van der Waals surface area contributed by atoms with Gasteiger partial charge in [0.05, 0.1) is 6.10 Å². The number of likely N-dealkylation sites (tertiary alicyclic amines) is 1. The van der Waals surface area contributed by atoms with Crippen molar-refractivity contribution in [3.8, 4) is 0 Å². The zero-order valence-corrected chi connectivity index (χ0v) is 16.2. The van der Waals surface area contributed by atoms with Crippen molar-refractivity contribution < 1.29 is 15.0 Å². The summed E-state index contributed by atoms with van der Waals surface area (Å²) in [5.41, 5.74) is 2.19. The Morgan fingerprint density at radius 1 is 1.22 bits per heavy atom. The second-order valence-corrected chi connectivity index (χ2v) is 8.57. The Kier molecular flexibility index (Phi) is 5.32. The van der Waals surface area contributed by atoms with Crippen LogP contribution in [0.4, 0.5) is 5.69 Å². The number of aliphatic hydroxyl groups is 2. The predicted octanol–water partition coefficient (Wildman–Crippen LogP) is 3.04. The second kappa shape index (κ2) is 7.72. The highest BCUT2D eigenvalue weighted by Crippen LogP contribution is 2.35. The van der Waals surface area contributed by atoms with Crippen LogP contribution < -0.4 is 5.32 Å². The van der Waals surface area contributed by atoms with E-state index in [-0.39, 0.29) is 5.91 Å². The van der Waals surface area contributed by atoms with Crippen molar-refractivity contribution in [1.29, 1.82) is 0 Å². The third-order valence-electron chi connectivity index (χ3n) is 5.79. The minimum absolute atomic E-state index is 0.0587. The number of carbonyl (C=O) groups excluding carboxylic acids is 1. The van der Waals surface area contributed by atoms with E-state index in [1.807, 2.05) is 35.7 Å². The fourth-order valence-corrected chi connectivity index (χ4v) is 4.90. The molecule has 1 saturated heterocycles. The molecule has 6 heteroatoms. The Hall–Kier alpha value is -1.73. The largest absolute Gasteiger partial charge is 0.388 e. The Balaban J connectivity index is 1.30. The van der Waals surface area contributed by atoms with Crippen molar-refractivity contribution in [2.24, 2.45) is 0 Å². The normalized spacial score (nSPS) is 20.7. The van der Waals surface area contributed by atoms with Gasteiger partial charge in [0, 0.05) is 36.6 Å². The van der Waals surface area contributed by atoms with Crippen LogP contribution in [-0.2, 0) is 16.8 Å². The van der Waals surface area contributed by atoms with Gasteiger partial charge in [-0.05, 0) is 54.3 Å². The van der Waals surface area contributed by atoms with Gasteiger partial charge in [-0.25, -0.2) is 0 Å². The molecule has 1 aromatic heterocycles. The fraction of sp³-hybridized carbons (Fsp3) is 0.476. The molecule has 1 unspecified atom stereocenters. The summed E-state index contributed by atoms with van der Waals surface area (Å²) in [7, 11) is 0. The third kappa shape index (κ3) is 4.09. The summed E-state index contributed by atoms with van der Waals surface area (Å²) in [5.74, 6) is 0.0587. The van der Waals surface area contributed by atoms with Gasteiger partial charge in [0.1, 0.15) is 5.60 Å². The number of hydrogen-bond donors (Lipinski definition) is 3. The lowest BCUT2D eigenvalue weighted by Gasteiger charge is -2.38. The van der Waals surface area contributed by atoms with Crippen LogP contribution >= 0.6 is 11.3 Å². The molecule has 0 saturated carbocycles. The van der Waals surface area contributed by atoms with E-state index in [0.29, 0.717) is 12.8 Å². The van der Waals surface area contributed by atoms with E-state index in [2.05, 4.69) is 10.2 Å². The van der Waals surface area contributed by atoms with Crippen molar-refractivity contribution in [2.75, 3.05) is 25.0 Å². The first kappa shape index (κ1) is 18.6. The zero-order valence-electron chi connectivity index (χ0n) is 15.4. The van der Waals surface area contributed by atoms with E-state index in [4.69, 9.17) is 0 Å². The van der Waals surface area contributed by atoms with Crippen molar-refractivity contribution in [3.05, 3.63) is 51.7 Å². The van der Waals surface area contributed by atoms with E-state index in [9.17, 15) is 15.0 Å². The highest BCUT2D eigenvalue weighted by atomic mass is 32.1. The molecule has 2 aliphatic rings. The Morgan fingerprint density at radius 2 is 2.04 bits per heavy atom. The number of rotatable bonds is 5. The summed E-state index contributed by atoms with van der Waals surface area (Å²) in [6, 6.07) is 9.83. The van der Waals surface area contributed by atoms with Gasteiger partial charge in [-0.15, -0.1) is 11.3 Å². The van der Waals surface area contributed by atoms with Crippen LogP contribution in [0.1, 0.15) is 47.8 Å². The molecule has 1 fully saturated rings. The standard InChI is InChI=1S/C21H26N2O3S/c24-18(16-3-5-17-15(14-16)4-6-20(25)22-17)7-10-23-11-8-21(26,9-12-23)19-2-1-13-27-19/h1-3,5,13-14,18,24,26H,4,6-12H2,(H,22,25). The van der Waals surface area contributed by atoms with E-state index >= 15 is 0 Å². The van der Waals surface area contributed by atoms with Gasteiger partial charge in [0.25, 0.3) is 0 Å². The lowest BCUT2D eigenvalue weighted by Crippen LogP contribution is -2.42. The third-order valence-corrected chi connectivity index (χ3v) is 6.85. The average molecular weight is 387 g/mol. The summed E-state index contributed by atoms with van der Waals surface area (Å²) in [6.07, 6.45) is 2.88. The van der Waals surface area contributed by atoms with Crippen molar-refractivity contribution >= 4 is 22.9 Å². The van der Waals surface area contributed by atoms with Crippen LogP contribution in [0, 0.1) is 0 Å². The first-order chi connectivity index (χ1) is 13.0. The highest BCUT2D eigenvalue weighted by molar-refractivity contribution is 7.10. The van der Waals surface area contributed by atoms with Gasteiger partial charge in [-0.3, -0.25) is 4.79 Å². The number of anilines is 1. The van der Waals surface area contributed by atoms with Crippen LogP contribution in [-0.4, -0.2) is 40.7 Å². The molecule has 2 aliphatic heterocycles. The van der Waals surface area contributed by atoms with Crippen molar-refractivity contribution in [3.63, 3.8) is 0 Å². The number of carbonyl (C=O) groups is 1. The van der Waals surface area contributed by atoms with Gasteiger partial charge < -0.3 is 20.4 Å². The van der Waals surface area contributed by atoms with E-state index in [1.54, 1.807) is 11.3 Å². The maximum absolute atomic E-state index is 11.5. The van der Waals surface area contributed by atoms with E-state index in [0.717, 1.165) is 60.6 Å². The van der Waals surface area contributed by atoms with Gasteiger partial charge in [-0.1, -0.05) is 18.2 Å². The van der Waals surface area contributed by atoms with Crippen LogP contribution in [0.25, 0.3) is 0 Å². The number of aryl methyl sites for hydroxylation is 1. The number of piperidine rings is 1. The highest BCUT2D eigenvalue weighted by Gasteiger charge is 2.34. The Morgan fingerprint density at radius 3 is 2.78 bits per heavy atom. The van der Waals surface area contributed by atoms with Crippen LogP contribution in [0.15, 0.2) is 35.7 Å². The number of fused-ring (bicyclic) bond motifs is 1. The number of nitrogens with zero attached hydrogens (tertiary/aromatic N) is 1. The second-order valence-electron chi connectivity index (χ2n) is 7.62. The molecule has 2 aromatic rings. The van der Waals surface area contributed by atoms with Gasteiger partial charge in [0.2, 0.25) is 5.91 Å². The molecule has 27 heavy (non-hydrogen) atoms. The number of aliphatic hydroxyl groups excluding tert-OH is 1. The first-order valence-electron chi connectivity index (χ1n) is 9.63. The minimum Gasteiger partial charge on any atom is -0.388 e. The molecule has 0 bridgehead atoms. The van der Waals surface area contributed by atoms with E-state index < -0.39 is 11.7 Å². The zero-order chi connectivity index (χ0) is 18.9. The number of benzene rings is 1. The van der Waals surface area contributed by atoms with Crippen molar-refractivity contribution in [1.82, 2.24) is 4.90 Å². The number of amides is 1. The average Bonchev–Trinajstić information content (AvgIpc) is 3.22. The molecule has 0 spiro atoms. The van der Waals surface area contributed by atoms with Crippen LogP contribution in [0.5, 0.6) is 0 Å². The summed E-state index contributed by atoms with van der Waals surface area (Å²) in [5, 5.41) is 26.3. The smallest absolute Gasteiger partial charge is 0.224 e. The minimum atomic E-state index is -0.688.